The predicted molar refractivity (Wildman–Crippen MR) is 50.6 cm³/mol. The highest BCUT2D eigenvalue weighted by Gasteiger charge is 2.09. The van der Waals surface area contributed by atoms with Gasteiger partial charge in [0.1, 0.15) is 5.75 Å². The van der Waals surface area contributed by atoms with Gasteiger partial charge in [-0.3, -0.25) is 0 Å². The molecule has 76 valence electrons. The second-order valence-corrected chi connectivity index (χ2v) is 2.51. The molecule has 0 atom stereocenters. The van der Waals surface area contributed by atoms with Crippen molar-refractivity contribution in [3.8, 4) is 17.2 Å². The Morgan fingerprint density at radius 1 is 1.29 bits per heavy atom. The molecule has 0 bridgehead atoms. The molecule has 14 heavy (non-hydrogen) atoms. The summed E-state index contributed by atoms with van der Waals surface area (Å²) in [6.07, 6.45) is 1.10. The van der Waals surface area contributed by atoms with Crippen molar-refractivity contribution in [2.24, 2.45) is 5.16 Å². The highest BCUT2D eigenvalue weighted by atomic mass is 16.5. The van der Waals surface area contributed by atoms with Gasteiger partial charge in [-0.25, -0.2) is 0 Å². The molecule has 0 saturated carbocycles. The molecule has 2 N–H and O–H groups in total. The monoisotopic (exact) mass is 197 g/mol. The van der Waals surface area contributed by atoms with E-state index in [9.17, 15) is 5.11 Å². The van der Waals surface area contributed by atoms with Crippen LogP contribution in [0.1, 0.15) is 5.56 Å². The maximum atomic E-state index is 9.56. The van der Waals surface area contributed by atoms with Crippen LogP contribution in [0.3, 0.4) is 0 Å². The summed E-state index contributed by atoms with van der Waals surface area (Å²) in [6.45, 7) is 0. The average Bonchev–Trinajstić information content (AvgIpc) is 2.21. The molecular formula is C9H11NO4. The molecule has 1 aromatic rings. The van der Waals surface area contributed by atoms with Crippen LogP contribution < -0.4 is 9.47 Å². The maximum absolute atomic E-state index is 9.56. The van der Waals surface area contributed by atoms with Gasteiger partial charge in [-0.1, -0.05) is 5.16 Å². The number of methoxy groups -OCH3 is 2. The van der Waals surface area contributed by atoms with Gasteiger partial charge >= 0.3 is 0 Å². The zero-order chi connectivity index (χ0) is 10.6. The lowest BCUT2D eigenvalue weighted by atomic mass is 10.2. The van der Waals surface area contributed by atoms with Gasteiger partial charge in [-0.2, -0.15) is 0 Å². The lowest BCUT2D eigenvalue weighted by molar-refractivity contribution is 0.321. The van der Waals surface area contributed by atoms with E-state index in [4.69, 9.17) is 14.7 Å². The summed E-state index contributed by atoms with van der Waals surface area (Å²) in [7, 11) is 2.92. The van der Waals surface area contributed by atoms with E-state index in [1.807, 2.05) is 0 Å². The van der Waals surface area contributed by atoms with Crippen LogP contribution in [-0.4, -0.2) is 30.7 Å². The number of aromatic hydroxyl groups is 1. The van der Waals surface area contributed by atoms with E-state index in [0.717, 1.165) is 6.21 Å². The fourth-order valence-electron chi connectivity index (χ4n) is 1.04. The van der Waals surface area contributed by atoms with E-state index >= 15 is 0 Å². The molecule has 0 aliphatic carbocycles. The SMILES string of the molecule is COc1cc(/C=N/O)c(O)c(OC)c1. The quantitative estimate of drug-likeness (QED) is 0.434. The van der Waals surface area contributed by atoms with E-state index < -0.39 is 0 Å². The Balaban J connectivity index is 3.26. The topological polar surface area (TPSA) is 71.3 Å². The van der Waals surface area contributed by atoms with E-state index in [0.29, 0.717) is 11.3 Å². The largest absolute Gasteiger partial charge is 0.504 e. The second kappa shape index (κ2) is 4.36. The van der Waals surface area contributed by atoms with Gasteiger partial charge in [0.05, 0.1) is 20.4 Å². The summed E-state index contributed by atoms with van der Waals surface area (Å²) in [5.41, 5.74) is 0.323. The van der Waals surface area contributed by atoms with Crippen molar-refractivity contribution < 1.29 is 19.8 Å². The third kappa shape index (κ3) is 1.87. The first-order valence-corrected chi connectivity index (χ1v) is 3.85. The van der Waals surface area contributed by atoms with Crippen LogP contribution in [0, 0.1) is 0 Å². The zero-order valence-corrected chi connectivity index (χ0v) is 7.89. The minimum absolute atomic E-state index is 0.0916. The molecule has 0 aromatic heterocycles. The van der Waals surface area contributed by atoms with Crippen molar-refractivity contribution in [3.05, 3.63) is 17.7 Å². The first-order valence-electron chi connectivity index (χ1n) is 3.85. The van der Waals surface area contributed by atoms with Crippen LogP contribution in [0.4, 0.5) is 0 Å². The summed E-state index contributed by atoms with van der Waals surface area (Å²) >= 11 is 0. The summed E-state index contributed by atoms with van der Waals surface area (Å²) in [4.78, 5) is 0. The van der Waals surface area contributed by atoms with Gasteiger partial charge in [0.25, 0.3) is 0 Å². The molecule has 1 aromatic carbocycles. The van der Waals surface area contributed by atoms with Gasteiger partial charge in [-0.15, -0.1) is 0 Å². The Morgan fingerprint density at radius 2 is 2.00 bits per heavy atom. The predicted octanol–water partition coefficient (Wildman–Crippen LogP) is 1.22. The number of ether oxygens (including phenoxy) is 2. The normalized spacial score (nSPS) is 10.4. The fraction of sp³-hybridized carbons (Fsp3) is 0.222. The van der Waals surface area contributed by atoms with Crippen LogP contribution in [0.5, 0.6) is 17.2 Å². The minimum Gasteiger partial charge on any atom is -0.504 e. The number of nitrogens with zero attached hydrogens (tertiary/aromatic N) is 1. The Hall–Kier alpha value is -1.91. The Morgan fingerprint density at radius 3 is 2.50 bits per heavy atom. The molecule has 0 saturated heterocycles. The molecule has 5 nitrogen and oxygen atoms in total. The van der Waals surface area contributed by atoms with Gasteiger partial charge in [-0.05, 0) is 6.07 Å². The molecule has 0 amide bonds. The molecule has 0 aliphatic rings. The molecule has 5 heteroatoms. The van der Waals surface area contributed by atoms with Gasteiger partial charge in [0.15, 0.2) is 11.5 Å². The molecule has 0 spiro atoms. The highest BCUT2D eigenvalue weighted by Crippen LogP contribution is 2.33. The average molecular weight is 197 g/mol. The second-order valence-electron chi connectivity index (χ2n) is 2.51. The number of oxime groups is 1. The van der Waals surface area contributed by atoms with E-state index in [2.05, 4.69) is 5.16 Å². The van der Waals surface area contributed by atoms with Crippen molar-refractivity contribution in [2.45, 2.75) is 0 Å². The van der Waals surface area contributed by atoms with Crippen molar-refractivity contribution >= 4 is 6.21 Å². The van der Waals surface area contributed by atoms with Gasteiger partial charge in [0, 0.05) is 11.6 Å². The Labute approximate surface area is 81.2 Å². The smallest absolute Gasteiger partial charge is 0.167 e. The zero-order valence-electron chi connectivity index (χ0n) is 7.89. The number of hydrogen-bond acceptors (Lipinski definition) is 5. The lowest BCUT2D eigenvalue weighted by Gasteiger charge is -2.08. The molecule has 0 heterocycles. The maximum Gasteiger partial charge on any atom is 0.167 e. The Bertz CT molecular complexity index is 349. The minimum atomic E-state index is -0.0916. The first kappa shape index (κ1) is 10.2. The number of rotatable bonds is 3. The summed E-state index contributed by atoms with van der Waals surface area (Å²) in [5, 5.41) is 20.7. The first-order chi connectivity index (χ1) is 6.72. The summed E-state index contributed by atoms with van der Waals surface area (Å²) < 4.78 is 9.87. The van der Waals surface area contributed by atoms with Crippen LogP contribution >= 0.6 is 0 Å². The molecule has 0 radical (unpaired) electrons. The molecule has 0 unspecified atom stereocenters. The number of phenols is 1. The van der Waals surface area contributed by atoms with Crippen molar-refractivity contribution in [1.82, 2.24) is 0 Å². The molecule has 1 rings (SSSR count). The van der Waals surface area contributed by atoms with Crippen LogP contribution in [0.25, 0.3) is 0 Å². The van der Waals surface area contributed by atoms with Crippen molar-refractivity contribution in [2.75, 3.05) is 14.2 Å². The van der Waals surface area contributed by atoms with Crippen molar-refractivity contribution in [3.63, 3.8) is 0 Å². The van der Waals surface area contributed by atoms with Crippen LogP contribution in [-0.2, 0) is 0 Å². The van der Waals surface area contributed by atoms with Crippen LogP contribution in [0.2, 0.25) is 0 Å². The third-order valence-corrected chi connectivity index (χ3v) is 1.73. The van der Waals surface area contributed by atoms with E-state index in [1.165, 1.54) is 26.4 Å². The van der Waals surface area contributed by atoms with Crippen molar-refractivity contribution in [1.29, 1.82) is 0 Å². The van der Waals surface area contributed by atoms with E-state index in [-0.39, 0.29) is 11.5 Å². The standard InChI is InChI=1S/C9H11NO4/c1-13-7-3-6(5-10-12)9(11)8(4-7)14-2/h3-5,11-12H,1-2H3/b10-5+. The van der Waals surface area contributed by atoms with Crippen LogP contribution in [0.15, 0.2) is 17.3 Å². The number of hydrogen-bond donors (Lipinski definition) is 2. The third-order valence-electron chi connectivity index (χ3n) is 1.73. The highest BCUT2D eigenvalue weighted by molar-refractivity contribution is 5.85. The van der Waals surface area contributed by atoms with Gasteiger partial charge in [0.2, 0.25) is 0 Å². The molecule has 0 fully saturated rings. The van der Waals surface area contributed by atoms with E-state index in [1.54, 1.807) is 0 Å². The van der Waals surface area contributed by atoms with Gasteiger partial charge < -0.3 is 19.8 Å². The lowest BCUT2D eigenvalue weighted by Crippen LogP contribution is -1.92. The molecular weight excluding hydrogens is 186 g/mol. The Kier molecular flexibility index (Phi) is 3.17. The number of phenolic OH excluding ortho intramolecular Hbond substituents is 1. The summed E-state index contributed by atoms with van der Waals surface area (Å²) in [6, 6.07) is 3.06. The number of benzene rings is 1. The summed E-state index contributed by atoms with van der Waals surface area (Å²) in [5.74, 6) is 0.680. The fourth-order valence-corrected chi connectivity index (χ4v) is 1.04. The molecule has 0 aliphatic heterocycles.